The molecule has 112 valence electrons. The van der Waals surface area contributed by atoms with Crippen LogP contribution >= 0.6 is 0 Å². The van der Waals surface area contributed by atoms with Gasteiger partial charge in [-0.05, 0) is 51.1 Å². The van der Waals surface area contributed by atoms with Crippen LogP contribution < -0.4 is 4.74 Å². The highest BCUT2D eigenvalue weighted by molar-refractivity contribution is 5.79. The van der Waals surface area contributed by atoms with Crippen molar-refractivity contribution in [1.82, 2.24) is 9.78 Å². The summed E-state index contributed by atoms with van der Waals surface area (Å²) < 4.78 is 7.18. The van der Waals surface area contributed by atoms with Gasteiger partial charge in [-0.1, -0.05) is 18.2 Å². The number of hydrogen-bond acceptors (Lipinski definition) is 3. The van der Waals surface area contributed by atoms with E-state index in [4.69, 9.17) is 4.74 Å². The van der Waals surface area contributed by atoms with E-state index in [2.05, 4.69) is 5.10 Å². The molecule has 0 aliphatic heterocycles. The van der Waals surface area contributed by atoms with Crippen molar-refractivity contribution < 1.29 is 9.53 Å². The van der Waals surface area contributed by atoms with Gasteiger partial charge in [0, 0.05) is 11.6 Å². The van der Waals surface area contributed by atoms with Crippen molar-refractivity contribution in [3.63, 3.8) is 0 Å². The fourth-order valence-electron chi connectivity index (χ4n) is 2.02. The summed E-state index contributed by atoms with van der Waals surface area (Å²) in [5.41, 5.74) is 1.36. The van der Waals surface area contributed by atoms with Crippen LogP contribution in [0.3, 0.4) is 0 Å². The minimum absolute atomic E-state index is 0.245. The zero-order chi connectivity index (χ0) is 15.7. The molecule has 0 atom stereocenters. The van der Waals surface area contributed by atoms with Crippen molar-refractivity contribution in [2.45, 2.75) is 20.8 Å². The lowest BCUT2D eigenvalue weighted by molar-refractivity contribution is -0.142. The first-order valence-corrected chi connectivity index (χ1v) is 7.21. The van der Waals surface area contributed by atoms with Crippen molar-refractivity contribution in [1.29, 1.82) is 0 Å². The van der Waals surface area contributed by atoms with Crippen molar-refractivity contribution in [2.75, 3.05) is 0 Å². The molecular formula is C18H18N2O2. The Bertz CT molecular complexity index is 778. The van der Waals surface area contributed by atoms with Gasteiger partial charge in [0.05, 0.1) is 16.6 Å². The minimum Gasteiger partial charge on any atom is -0.426 e. The Morgan fingerprint density at radius 1 is 1.05 bits per heavy atom. The summed E-state index contributed by atoms with van der Waals surface area (Å²) in [7, 11) is 0. The van der Waals surface area contributed by atoms with Crippen LogP contribution in [0.15, 0.2) is 54.7 Å². The lowest BCUT2D eigenvalue weighted by atomic mass is 9.97. The Morgan fingerprint density at radius 3 is 2.36 bits per heavy atom. The van der Waals surface area contributed by atoms with E-state index in [1.807, 2.05) is 68.0 Å². The number of benzene rings is 2. The number of esters is 1. The predicted molar refractivity (Wildman–Crippen MR) is 86.2 cm³/mol. The molecule has 0 bridgehead atoms. The molecule has 1 aromatic heterocycles. The van der Waals surface area contributed by atoms with Gasteiger partial charge in [-0.2, -0.15) is 5.10 Å². The highest BCUT2D eigenvalue weighted by Crippen LogP contribution is 2.21. The summed E-state index contributed by atoms with van der Waals surface area (Å²) in [6.07, 6.45) is 1.98. The molecule has 0 saturated heterocycles. The number of ether oxygens (including phenoxy) is 1. The van der Waals surface area contributed by atoms with Gasteiger partial charge >= 0.3 is 5.97 Å². The number of rotatable bonds is 2. The van der Waals surface area contributed by atoms with E-state index in [-0.39, 0.29) is 5.97 Å². The molecule has 22 heavy (non-hydrogen) atoms. The summed E-state index contributed by atoms with van der Waals surface area (Å²) in [4.78, 5) is 11.9. The second-order valence-corrected chi connectivity index (χ2v) is 6.27. The number of carbonyl (C=O) groups is 1. The summed E-state index contributed by atoms with van der Waals surface area (Å²) in [6.45, 7) is 5.50. The molecule has 0 fully saturated rings. The van der Waals surface area contributed by atoms with Crippen molar-refractivity contribution in [2.24, 2.45) is 5.41 Å². The lowest BCUT2D eigenvalue weighted by Crippen LogP contribution is -2.25. The topological polar surface area (TPSA) is 44.1 Å². The van der Waals surface area contributed by atoms with Gasteiger partial charge in [-0.15, -0.1) is 0 Å². The first-order chi connectivity index (χ1) is 10.4. The molecule has 0 saturated carbocycles. The SMILES string of the molecule is CC(C)(C)C(=O)Oc1ccc(-n2cc3ccccc3n2)cc1. The maximum absolute atomic E-state index is 11.9. The van der Waals surface area contributed by atoms with E-state index in [1.54, 1.807) is 12.1 Å². The second-order valence-electron chi connectivity index (χ2n) is 6.27. The van der Waals surface area contributed by atoms with E-state index in [0.717, 1.165) is 16.6 Å². The first kappa shape index (κ1) is 14.3. The molecule has 4 heteroatoms. The lowest BCUT2D eigenvalue weighted by Gasteiger charge is -2.16. The fourth-order valence-corrected chi connectivity index (χ4v) is 2.02. The quantitative estimate of drug-likeness (QED) is 0.530. The van der Waals surface area contributed by atoms with Crippen molar-refractivity contribution >= 4 is 16.9 Å². The van der Waals surface area contributed by atoms with Gasteiger partial charge in [-0.3, -0.25) is 4.79 Å². The third kappa shape index (κ3) is 2.86. The van der Waals surface area contributed by atoms with Gasteiger partial charge < -0.3 is 4.74 Å². The monoisotopic (exact) mass is 294 g/mol. The maximum atomic E-state index is 11.9. The van der Waals surface area contributed by atoms with Gasteiger partial charge in [0.15, 0.2) is 0 Å². The molecule has 0 aliphatic carbocycles. The molecule has 1 heterocycles. The highest BCUT2D eigenvalue weighted by atomic mass is 16.5. The molecule has 0 N–H and O–H groups in total. The molecule has 2 aromatic carbocycles. The van der Waals surface area contributed by atoms with E-state index >= 15 is 0 Å². The standard InChI is InChI=1S/C18H18N2O2/c1-18(2,3)17(21)22-15-10-8-14(9-11-15)20-12-13-6-4-5-7-16(13)19-20/h4-12H,1-3H3. The van der Waals surface area contributed by atoms with Crippen LogP contribution in [0.5, 0.6) is 5.75 Å². The highest BCUT2D eigenvalue weighted by Gasteiger charge is 2.23. The summed E-state index contributed by atoms with van der Waals surface area (Å²) >= 11 is 0. The zero-order valence-corrected chi connectivity index (χ0v) is 12.9. The van der Waals surface area contributed by atoms with E-state index in [0.29, 0.717) is 5.75 Å². The summed E-state index contributed by atoms with van der Waals surface area (Å²) in [6, 6.07) is 15.3. The predicted octanol–water partition coefficient (Wildman–Crippen LogP) is 3.98. The van der Waals surface area contributed by atoms with Crippen LogP contribution in [0.2, 0.25) is 0 Å². The molecule has 0 spiro atoms. The van der Waals surface area contributed by atoms with Crippen LogP contribution in [0.25, 0.3) is 16.6 Å². The van der Waals surface area contributed by atoms with E-state index in [9.17, 15) is 4.79 Å². The van der Waals surface area contributed by atoms with Gasteiger partial charge in [0.25, 0.3) is 0 Å². The van der Waals surface area contributed by atoms with Gasteiger partial charge in [0.1, 0.15) is 5.75 Å². The number of carbonyl (C=O) groups excluding carboxylic acids is 1. The zero-order valence-electron chi connectivity index (χ0n) is 12.9. The second kappa shape index (κ2) is 5.30. The van der Waals surface area contributed by atoms with Gasteiger partial charge in [-0.25, -0.2) is 4.68 Å². The minimum atomic E-state index is -0.515. The van der Waals surface area contributed by atoms with Crippen LogP contribution in [-0.4, -0.2) is 15.7 Å². The molecule has 0 unspecified atom stereocenters. The molecule has 3 aromatic rings. The third-order valence-electron chi connectivity index (χ3n) is 3.34. The summed E-state index contributed by atoms with van der Waals surface area (Å²) in [5.74, 6) is 0.297. The third-order valence-corrected chi connectivity index (χ3v) is 3.34. The number of fused-ring (bicyclic) bond motifs is 1. The number of hydrogen-bond donors (Lipinski definition) is 0. The van der Waals surface area contributed by atoms with Crippen LogP contribution in [0.1, 0.15) is 20.8 Å². The molecule has 0 aliphatic rings. The van der Waals surface area contributed by atoms with E-state index in [1.165, 1.54) is 0 Å². The molecule has 0 radical (unpaired) electrons. The van der Waals surface area contributed by atoms with Crippen molar-refractivity contribution in [3.8, 4) is 11.4 Å². The molecule has 3 rings (SSSR count). The van der Waals surface area contributed by atoms with Gasteiger partial charge in [0.2, 0.25) is 0 Å². The van der Waals surface area contributed by atoms with Crippen molar-refractivity contribution in [3.05, 3.63) is 54.7 Å². The van der Waals surface area contributed by atoms with Crippen LogP contribution in [-0.2, 0) is 4.79 Å². The molecular weight excluding hydrogens is 276 g/mol. The normalized spacial score (nSPS) is 11.6. The molecule has 4 nitrogen and oxygen atoms in total. The summed E-state index contributed by atoms with van der Waals surface area (Å²) in [5, 5.41) is 5.61. The number of aromatic nitrogens is 2. The van der Waals surface area contributed by atoms with Crippen LogP contribution in [0, 0.1) is 5.41 Å². The number of nitrogens with zero attached hydrogens (tertiary/aromatic N) is 2. The average Bonchev–Trinajstić information content (AvgIpc) is 2.91. The van der Waals surface area contributed by atoms with E-state index < -0.39 is 5.41 Å². The Hall–Kier alpha value is -2.62. The Kier molecular flexibility index (Phi) is 3.45. The Balaban J connectivity index is 1.83. The Labute approximate surface area is 129 Å². The largest absolute Gasteiger partial charge is 0.426 e. The fraction of sp³-hybridized carbons (Fsp3) is 0.222. The maximum Gasteiger partial charge on any atom is 0.316 e. The van der Waals surface area contributed by atoms with Crippen LogP contribution in [0.4, 0.5) is 0 Å². The smallest absolute Gasteiger partial charge is 0.316 e. The Morgan fingerprint density at radius 2 is 1.73 bits per heavy atom. The first-order valence-electron chi connectivity index (χ1n) is 7.21. The average molecular weight is 294 g/mol. The molecule has 0 amide bonds.